The Bertz CT molecular complexity index is 1890. The number of rotatable bonds is 78. The van der Waals surface area contributed by atoms with E-state index in [4.69, 9.17) is 37.0 Å². The molecule has 2 unspecified atom stereocenters. The molecule has 0 aliphatic heterocycles. The minimum Gasteiger partial charge on any atom is -0.462 e. The Kier molecular flexibility index (Phi) is 69.3. The monoisotopic (exact) mass is 1440 g/mol. The third-order valence-corrected chi connectivity index (χ3v) is 20.4. The SMILES string of the molecule is CCCCCCCCCCCCCCCCCC(=O)OC[C@H](COP(=O)(O)OC[C@@H](O)COP(=O)(O)OC[C@@H](COC(=O)CCCCCCCCCCCC(C)C)OC(=O)CCCCCCCCCCCCCCC)OC(=O)CCCCCCCCCCCCCCCCCC(C)C. The molecule has 0 saturated carbocycles. The lowest BCUT2D eigenvalue weighted by Crippen LogP contribution is -2.30. The van der Waals surface area contributed by atoms with E-state index in [-0.39, 0.29) is 25.7 Å². The third-order valence-electron chi connectivity index (χ3n) is 18.5. The fourth-order valence-corrected chi connectivity index (χ4v) is 13.8. The van der Waals surface area contributed by atoms with Crippen molar-refractivity contribution in [2.24, 2.45) is 11.8 Å². The fourth-order valence-electron chi connectivity index (χ4n) is 12.2. The Morgan fingerprint density at radius 1 is 0.276 bits per heavy atom. The number of aliphatic hydroxyl groups is 1. The summed E-state index contributed by atoms with van der Waals surface area (Å²) < 4.78 is 68.7. The highest BCUT2D eigenvalue weighted by molar-refractivity contribution is 7.47. The lowest BCUT2D eigenvalue weighted by molar-refractivity contribution is -0.161. The average Bonchev–Trinajstić information content (AvgIpc) is 1.03. The molecule has 0 bridgehead atoms. The van der Waals surface area contributed by atoms with Gasteiger partial charge in [0.2, 0.25) is 0 Å². The van der Waals surface area contributed by atoms with Crippen LogP contribution in [0.3, 0.4) is 0 Å². The molecule has 0 aliphatic rings. The van der Waals surface area contributed by atoms with Gasteiger partial charge in [0.15, 0.2) is 12.2 Å². The van der Waals surface area contributed by atoms with E-state index in [0.717, 1.165) is 102 Å². The molecule has 0 radical (unpaired) electrons. The lowest BCUT2D eigenvalue weighted by atomic mass is 10.0. The molecule has 582 valence electrons. The van der Waals surface area contributed by atoms with Gasteiger partial charge in [-0.1, -0.05) is 363 Å². The van der Waals surface area contributed by atoms with Gasteiger partial charge in [0.1, 0.15) is 19.3 Å². The first kappa shape index (κ1) is 96.1. The first-order valence-electron chi connectivity index (χ1n) is 41.0. The second kappa shape index (κ2) is 70.7. The highest BCUT2D eigenvalue weighted by Crippen LogP contribution is 2.45. The van der Waals surface area contributed by atoms with Crippen molar-refractivity contribution in [2.45, 2.75) is 432 Å². The molecule has 0 aliphatic carbocycles. The Labute approximate surface area is 600 Å². The number of unbranched alkanes of at least 4 members (excludes halogenated alkanes) is 48. The lowest BCUT2D eigenvalue weighted by Gasteiger charge is -2.21. The molecule has 0 spiro atoms. The van der Waals surface area contributed by atoms with Crippen molar-refractivity contribution in [1.82, 2.24) is 0 Å². The Hall–Kier alpha value is -1.94. The van der Waals surface area contributed by atoms with E-state index >= 15 is 0 Å². The summed E-state index contributed by atoms with van der Waals surface area (Å²) >= 11 is 0. The van der Waals surface area contributed by atoms with Gasteiger partial charge in [-0.2, -0.15) is 0 Å². The smallest absolute Gasteiger partial charge is 0.462 e. The highest BCUT2D eigenvalue weighted by Gasteiger charge is 2.30. The minimum atomic E-state index is -4.96. The summed E-state index contributed by atoms with van der Waals surface area (Å²) in [4.78, 5) is 73.0. The molecule has 0 aromatic heterocycles. The van der Waals surface area contributed by atoms with E-state index in [1.807, 2.05) is 0 Å². The van der Waals surface area contributed by atoms with Crippen LogP contribution in [0.1, 0.15) is 414 Å². The average molecular weight is 1440 g/mol. The van der Waals surface area contributed by atoms with Crippen molar-refractivity contribution >= 4 is 39.5 Å². The summed E-state index contributed by atoms with van der Waals surface area (Å²) in [6.45, 7) is 9.64. The molecule has 0 saturated heterocycles. The van der Waals surface area contributed by atoms with Crippen LogP contribution in [-0.4, -0.2) is 96.7 Å². The maximum atomic E-state index is 13.1. The summed E-state index contributed by atoms with van der Waals surface area (Å²) in [5.74, 6) is -0.562. The van der Waals surface area contributed by atoms with Crippen molar-refractivity contribution in [3.05, 3.63) is 0 Å². The van der Waals surface area contributed by atoms with Gasteiger partial charge < -0.3 is 33.8 Å². The molecular weight excluding hydrogens is 1280 g/mol. The highest BCUT2D eigenvalue weighted by atomic mass is 31.2. The molecule has 0 amide bonds. The van der Waals surface area contributed by atoms with Gasteiger partial charge in [-0.15, -0.1) is 0 Å². The number of hydrogen-bond donors (Lipinski definition) is 3. The topological polar surface area (TPSA) is 237 Å². The molecule has 0 rings (SSSR count). The van der Waals surface area contributed by atoms with Crippen LogP contribution >= 0.6 is 15.6 Å². The van der Waals surface area contributed by atoms with E-state index in [0.29, 0.717) is 25.7 Å². The summed E-state index contributed by atoms with van der Waals surface area (Å²) in [6, 6.07) is 0. The van der Waals surface area contributed by atoms with Gasteiger partial charge in [-0.05, 0) is 37.5 Å². The van der Waals surface area contributed by atoms with Crippen LogP contribution in [-0.2, 0) is 65.4 Å². The van der Waals surface area contributed by atoms with Crippen LogP contribution in [0.5, 0.6) is 0 Å². The fraction of sp³-hybridized carbons (Fsp3) is 0.949. The van der Waals surface area contributed by atoms with Crippen molar-refractivity contribution in [1.29, 1.82) is 0 Å². The zero-order valence-corrected chi connectivity index (χ0v) is 65.9. The number of carbonyl (C=O) groups is 4. The molecule has 3 N–H and O–H groups in total. The summed E-state index contributed by atoms with van der Waals surface area (Å²) in [7, 11) is -9.92. The maximum Gasteiger partial charge on any atom is 0.472 e. The van der Waals surface area contributed by atoms with Crippen molar-refractivity contribution in [2.75, 3.05) is 39.6 Å². The van der Waals surface area contributed by atoms with Crippen molar-refractivity contribution < 1.29 is 80.2 Å². The van der Waals surface area contributed by atoms with Gasteiger partial charge in [0, 0.05) is 25.7 Å². The predicted octanol–water partition coefficient (Wildman–Crippen LogP) is 23.5. The molecule has 19 heteroatoms. The van der Waals surface area contributed by atoms with Crippen molar-refractivity contribution in [3.63, 3.8) is 0 Å². The largest absolute Gasteiger partial charge is 0.472 e. The normalized spacial score (nSPS) is 13.9. The van der Waals surface area contributed by atoms with Crippen LogP contribution in [0.2, 0.25) is 0 Å². The van der Waals surface area contributed by atoms with Crippen molar-refractivity contribution in [3.8, 4) is 0 Å². The molecule has 0 aromatic rings. The number of phosphoric ester groups is 2. The molecule has 5 atom stereocenters. The first-order valence-corrected chi connectivity index (χ1v) is 44.0. The number of aliphatic hydroxyl groups excluding tert-OH is 1. The van der Waals surface area contributed by atoms with Gasteiger partial charge in [0.25, 0.3) is 0 Å². The number of hydrogen-bond acceptors (Lipinski definition) is 15. The van der Waals surface area contributed by atoms with Crippen LogP contribution < -0.4 is 0 Å². The van der Waals surface area contributed by atoms with Gasteiger partial charge in [-0.25, -0.2) is 9.13 Å². The first-order chi connectivity index (χ1) is 47.4. The zero-order valence-electron chi connectivity index (χ0n) is 64.1. The molecule has 0 aromatic carbocycles. The molecule has 98 heavy (non-hydrogen) atoms. The molecule has 0 heterocycles. The molecular formula is C79H154O17P2. The van der Waals surface area contributed by atoms with E-state index in [2.05, 4.69) is 41.5 Å². The Balaban J connectivity index is 5.26. The van der Waals surface area contributed by atoms with E-state index in [9.17, 15) is 43.2 Å². The second-order valence-corrected chi connectivity index (χ2v) is 32.3. The van der Waals surface area contributed by atoms with Gasteiger partial charge >= 0.3 is 39.5 Å². The van der Waals surface area contributed by atoms with Crippen LogP contribution in [0.25, 0.3) is 0 Å². The van der Waals surface area contributed by atoms with Crippen LogP contribution in [0.4, 0.5) is 0 Å². The number of ether oxygens (including phenoxy) is 4. The molecule has 17 nitrogen and oxygen atoms in total. The Morgan fingerprint density at radius 3 is 0.694 bits per heavy atom. The van der Waals surface area contributed by atoms with E-state index in [1.54, 1.807) is 0 Å². The van der Waals surface area contributed by atoms with Crippen LogP contribution in [0.15, 0.2) is 0 Å². The minimum absolute atomic E-state index is 0.107. The molecule has 0 fully saturated rings. The third kappa shape index (κ3) is 72.4. The summed E-state index contributed by atoms with van der Waals surface area (Å²) in [6.07, 6.45) is 59.5. The number of phosphoric acid groups is 2. The predicted molar refractivity (Wildman–Crippen MR) is 400 cm³/mol. The standard InChI is InChI=1S/C79H154O17P2/c1-7-9-11-13-15-17-19-21-23-28-31-37-43-49-55-61-76(81)89-67-74(95-79(84)64-58-52-46-39-33-29-25-22-24-27-30-35-41-47-53-59-71(3)4)69-93-97(85,86)91-65-73(80)66-92-98(87,88)94-70-75(68-90-77(82)62-56-50-44-40-34-36-42-48-54-60-72(5)6)96-78(83)63-57-51-45-38-32-26-20-18-16-14-12-10-8-2/h71-75,80H,7-70H2,1-6H3,(H,85,86)(H,87,88)/t73-,74-,75-/m1/s1. The summed E-state index contributed by atoms with van der Waals surface area (Å²) in [5, 5.41) is 10.6. The van der Waals surface area contributed by atoms with E-state index in [1.165, 1.54) is 231 Å². The second-order valence-electron chi connectivity index (χ2n) is 29.4. The van der Waals surface area contributed by atoms with Gasteiger partial charge in [0.05, 0.1) is 26.4 Å². The van der Waals surface area contributed by atoms with Crippen LogP contribution in [0, 0.1) is 11.8 Å². The Morgan fingerprint density at radius 2 is 0.469 bits per heavy atom. The maximum absolute atomic E-state index is 13.1. The number of esters is 4. The number of carbonyl (C=O) groups excluding carboxylic acids is 4. The quantitative estimate of drug-likeness (QED) is 0.0222. The summed E-state index contributed by atoms with van der Waals surface area (Å²) in [5.41, 5.74) is 0. The van der Waals surface area contributed by atoms with E-state index < -0.39 is 97.5 Å². The zero-order chi connectivity index (χ0) is 72.1. The van der Waals surface area contributed by atoms with Gasteiger partial charge in [-0.3, -0.25) is 37.3 Å².